The highest BCUT2D eigenvalue weighted by molar-refractivity contribution is 7.99. The lowest BCUT2D eigenvalue weighted by molar-refractivity contribution is -0.645. The summed E-state index contributed by atoms with van der Waals surface area (Å²) in [7, 11) is 0. The monoisotopic (exact) mass is 552 g/mol. The number of aliphatic hydroxyl groups is 1. The van der Waals surface area contributed by atoms with Gasteiger partial charge in [0.25, 0.3) is 5.03 Å². The number of carboxylic acids is 1. The van der Waals surface area contributed by atoms with E-state index in [1.54, 1.807) is 12.1 Å². The highest BCUT2D eigenvalue weighted by Gasteiger charge is 2.32. The molecule has 3 N–H and O–H groups in total. The van der Waals surface area contributed by atoms with Gasteiger partial charge in [-0.1, -0.05) is 60.3 Å². The maximum atomic E-state index is 12.1. The second-order valence-corrected chi connectivity index (χ2v) is 10.3. The summed E-state index contributed by atoms with van der Waals surface area (Å²) in [6.07, 6.45) is 1.49. The molecule has 4 rings (SSSR count). The van der Waals surface area contributed by atoms with E-state index in [0.29, 0.717) is 30.2 Å². The summed E-state index contributed by atoms with van der Waals surface area (Å²) in [5.74, 6) is -0.527. The molecule has 2 aromatic carbocycles. The van der Waals surface area contributed by atoms with E-state index in [0.717, 1.165) is 27.0 Å². The number of aliphatic hydroxyl groups excluding tert-OH is 1. The van der Waals surface area contributed by atoms with Crippen LogP contribution in [0.2, 0.25) is 0 Å². The fourth-order valence-electron chi connectivity index (χ4n) is 4.21. The van der Waals surface area contributed by atoms with E-state index in [1.165, 1.54) is 18.0 Å². The van der Waals surface area contributed by atoms with E-state index >= 15 is 0 Å². The van der Waals surface area contributed by atoms with Crippen LogP contribution in [0, 0.1) is 5.21 Å². The number of aliphatic carboxylic acids is 1. The van der Waals surface area contributed by atoms with E-state index < -0.39 is 12.3 Å². The number of nitrogens with one attached hydrogen (secondary N) is 1. The lowest BCUT2D eigenvalue weighted by Crippen LogP contribution is -2.32. The normalized spacial score (nSPS) is 18.9. The molecule has 1 aliphatic heterocycles. The minimum absolute atomic E-state index is 0.0296. The number of nitrogens with zero attached hydrogens (tertiary/aromatic N) is 1. The highest BCUT2D eigenvalue weighted by atomic mass is 32.2. The molecule has 3 atom stereocenters. The van der Waals surface area contributed by atoms with Crippen molar-refractivity contribution >= 4 is 23.6 Å². The molecule has 0 saturated carbocycles. The zero-order chi connectivity index (χ0) is 27.6. The number of ether oxygens (including phenoxy) is 2. The first-order valence-electron chi connectivity index (χ1n) is 12.8. The molecular weight excluding hydrogens is 520 g/mol. The molecule has 0 radical (unpaired) electrons. The van der Waals surface area contributed by atoms with Gasteiger partial charge >= 0.3 is 5.97 Å². The molecule has 9 nitrogen and oxygen atoms in total. The number of rotatable bonds is 12. The van der Waals surface area contributed by atoms with Crippen molar-refractivity contribution in [3.8, 4) is 0 Å². The van der Waals surface area contributed by atoms with Gasteiger partial charge in [0.2, 0.25) is 5.91 Å². The summed E-state index contributed by atoms with van der Waals surface area (Å²) < 4.78 is 13.5. The van der Waals surface area contributed by atoms with Gasteiger partial charge in [-0.05, 0) is 29.2 Å². The van der Waals surface area contributed by atoms with Gasteiger partial charge in [-0.2, -0.15) is 4.73 Å². The summed E-state index contributed by atoms with van der Waals surface area (Å²) >= 11 is 1.44. The van der Waals surface area contributed by atoms with Crippen molar-refractivity contribution in [2.75, 3.05) is 5.75 Å². The molecule has 10 heteroatoms. The van der Waals surface area contributed by atoms with Gasteiger partial charge in [-0.3, -0.25) is 9.59 Å². The molecule has 1 aromatic heterocycles. The maximum absolute atomic E-state index is 12.1. The van der Waals surface area contributed by atoms with Crippen molar-refractivity contribution in [3.63, 3.8) is 0 Å². The van der Waals surface area contributed by atoms with Crippen LogP contribution in [0.3, 0.4) is 0 Å². The van der Waals surface area contributed by atoms with E-state index in [1.807, 2.05) is 54.6 Å². The van der Waals surface area contributed by atoms with Gasteiger partial charge in [-0.15, -0.1) is 0 Å². The molecule has 0 unspecified atom stereocenters. The van der Waals surface area contributed by atoms with Crippen LogP contribution in [-0.4, -0.2) is 33.9 Å². The Labute approximate surface area is 231 Å². The molecule has 0 spiro atoms. The van der Waals surface area contributed by atoms with Gasteiger partial charge in [0.1, 0.15) is 0 Å². The van der Waals surface area contributed by atoms with Crippen LogP contribution in [0.5, 0.6) is 0 Å². The van der Waals surface area contributed by atoms with Gasteiger partial charge in [0.05, 0.1) is 18.8 Å². The van der Waals surface area contributed by atoms with Crippen molar-refractivity contribution in [2.24, 2.45) is 0 Å². The molecule has 1 saturated heterocycles. The molecule has 1 fully saturated rings. The van der Waals surface area contributed by atoms with E-state index in [2.05, 4.69) is 5.32 Å². The lowest BCUT2D eigenvalue weighted by Gasteiger charge is -2.36. The van der Waals surface area contributed by atoms with Gasteiger partial charge in [0.15, 0.2) is 12.5 Å². The minimum atomic E-state index is -0.912. The van der Waals surface area contributed by atoms with Crippen LogP contribution in [0.15, 0.2) is 78.0 Å². The van der Waals surface area contributed by atoms with Gasteiger partial charge in [0, 0.05) is 49.3 Å². The summed E-state index contributed by atoms with van der Waals surface area (Å²) in [6, 6.07) is 20.6. The number of pyridine rings is 1. The zero-order valence-electron chi connectivity index (χ0n) is 21.4. The molecular formula is C29H32N2O7S. The second kappa shape index (κ2) is 14.1. The number of carboxylic acid groups (broad SMARTS) is 1. The van der Waals surface area contributed by atoms with Crippen molar-refractivity contribution in [1.82, 2.24) is 5.32 Å². The van der Waals surface area contributed by atoms with Crippen LogP contribution >= 0.6 is 11.8 Å². The number of hydrogen-bond donors (Lipinski definition) is 3. The summed E-state index contributed by atoms with van der Waals surface area (Å²) in [4.78, 5) is 22.6. The molecule has 1 aliphatic rings. The number of carbonyl (C=O) groups is 2. The Hall–Kier alpha value is -3.44. The minimum Gasteiger partial charge on any atom is -0.618 e. The Bertz CT molecular complexity index is 1240. The van der Waals surface area contributed by atoms with Crippen molar-refractivity contribution in [1.29, 1.82) is 0 Å². The predicted molar refractivity (Wildman–Crippen MR) is 144 cm³/mol. The standard InChI is InChI=1S/C29H32N2O7S/c32-18-21-9-11-22(12-10-21)25-16-24(19-39-27-5-1-2-15-31(27)36)37-29(38-25)23-13-7-20(8-14-23)17-30-26(33)4-3-6-28(34)35/h1-2,5,7-15,24-25,29,32H,3-4,6,16-19H2,(H,30,33)(H,34,35)/t24-,25+,29+/m1/s1. The number of benzene rings is 2. The van der Waals surface area contributed by atoms with Crippen LogP contribution < -0.4 is 10.0 Å². The molecule has 206 valence electrons. The lowest BCUT2D eigenvalue weighted by atomic mass is 10.0. The number of carbonyl (C=O) groups excluding carboxylic acids is 1. The average molecular weight is 553 g/mol. The Morgan fingerprint density at radius 2 is 1.69 bits per heavy atom. The Kier molecular flexibility index (Phi) is 10.3. The quantitative estimate of drug-likeness (QED) is 0.174. The maximum Gasteiger partial charge on any atom is 0.303 e. The van der Waals surface area contributed by atoms with Crippen molar-refractivity contribution in [2.45, 2.75) is 62.4 Å². The van der Waals surface area contributed by atoms with Gasteiger partial charge < -0.3 is 30.2 Å². The van der Waals surface area contributed by atoms with Crippen molar-refractivity contribution in [3.05, 3.63) is 100 Å². The van der Waals surface area contributed by atoms with E-state index in [-0.39, 0.29) is 37.6 Å². The van der Waals surface area contributed by atoms with Gasteiger partial charge in [-0.25, -0.2) is 0 Å². The first kappa shape index (κ1) is 28.6. The summed E-state index contributed by atoms with van der Waals surface area (Å²) in [5.41, 5.74) is 3.53. The Morgan fingerprint density at radius 1 is 0.974 bits per heavy atom. The number of thioether (sulfide) groups is 1. The first-order chi connectivity index (χ1) is 18.9. The summed E-state index contributed by atoms with van der Waals surface area (Å²) in [5, 5.41) is 33.6. The predicted octanol–water partition coefficient (Wildman–Crippen LogP) is 4.02. The SMILES string of the molecule is O=C(O)CCCC(=O)NCc1ccc([C@H]2O[C@@H](CSc3cccc[n+]3[O-])C[C@@H](c3ccc(CO)cc3)O2)cc1. The zero-order valence-corrected chi connectivity index (χ0v) is 22.2. The third-order valence-electron chi connectivity index (χ3n) is 6.36. The molecule has 0 aliphatic carbocycles. The fourth-order valence-corrected chi connectivity index (χ4v) is 5.14. The molecule has 39 heavy (non-hydrogen) atoms. The third kappa shape index (κ3) is 8.52. The average Bonchev–Trinajstić information content (AvgIpc) is 2.95. The number of aromatic nitrogens is 1. The second-order valence-electron chi connectivity index (χ2n) is 9.29. The Morgan fingerprint density at radius 3 is 2.38 bits per heavy atom. The topological polar surface area (TPSA) is 132 Å². The molecule has 2 heterocycles. The fraction of sp³-hybridized carbons (Fsp3) is 0.345. The molecule has 3 aromatic rings. The highest BCUT2D eigenvalue weighted by Crippen LogP contribution is 2.39. The first-order valence-corrected chi connectivity index (χ1v) is 13.8. The number of amides is 1. The number of hydrogen-bond acceptors (Lipinski definition) is 7. The smallest absolute Gasteiger partial charge is 0.303 e. The van der Waals surface area contributed by atoms with Crippen molar-refractivity contribution < 1.29 is 34.0 Å². The molecule has 1 amide bonds. The van der Waals surface area contributed by atoms with Crippen LogP contribution in [-0.2, 0) is 32.2 Å². The Balaban J connectivity index is 1.41. The summed E-state index contributed by atoms with van der Waals surface area (Å²) in [6.45, 7) is 0.308. The van der Waals surface area contributed by atoms with E-state index in [4.69, 9.17) is 14.6 Å². The third-order valence-corrected chi connectivity index (χ3v) is 7.51. The van der Waals surface area contributed by atoms with Crippen LogP contribution in [0.1, 0.15) is 60.3 Å². The van der Waals surface area contributed by atoms with E-state index in [9.17, 15) is 19.9 Å². The van der Waals surface area contributed by atoms with Crippen LogP contribution in [0.25, 0.3) is 0 Å². The molecule has 0 bridgehead atoms. The van der Waals surface area contributed by atoms with Crippen LogP contribution in [0.4, 0.5) is 0 Å². The largest absolute Gasteiger partial charge is 0.618 e.